The molecule has 1 aliphatic rings. The predicted molar refractivity (Wildman–Crippen MR) is 93.3 cm³/mol. The molecule has 0 radical (unpaired) electrons. The minimum absolute atomic E-state index is 0. The Balaban J connectivity index is 0.00000208. The standard InChI is InChI=1S/C20H19NO2.BrH/c1-20(2)22-18(13-14-21-17-11-7-4-8-12-17)15-19(23-20)16-9-5-3-6-10-16;/h3-15H,1-2H3;1H/p-1/b18-13-,21-14?;. The van der Waals surface area contributed by atoms with Gasteiger partial charge in [-0.05, 0) is 18.2 Å². The van der Waals surface area contributed by atoms with Crippen LogP contribution in [-0.4, -0.2) is 12.0 Å². The van der Waals surface area contributed by atoms with Gasteiger partial charge >= 0.3 is 0 Å². The molecule has 24 heavy (non-hydrogen) atoms. The van der Waals surface area contributed by atoms with Gasteiger partial charge in [0, 0.05) is 31.7 Å². The minimum atomic E-state index is -0.716. The maximum atomic E-state index is 5.91. The van der Waals surface area contributed by atoms with Gasteiger partial charge in [-0.15, -0.1) is 0 Å². The van der Waals surface area contributed by atoms with Crippen molar-refractivity contribution in [2.24, 2.45) is 4.99 Å². The van der Waals surface area contributed by atoms with Crippen molar-refractivity contribution in [3.8, 4) is 0 Å². The summed E-state index contributed by atoms with van der Waals surface area (Å²) in [7, 11) is 0. The zero-order valence-electron chi connectivity index (χ0n) is 13.6. The number of para-hydroxylation sites is 1. The highest BCUT2D eigenvalue weighted by molar-refractivity contribution is 5.77. The van der Waals surface area contributed by atoms with E-state index in [1.165, 1.54) is 0 Å². The monoisotopic (exact) mass is 384 g/mol. The lowest BCUT2D eigenvalue weighted by atomic mass is 10.1. The van der Waals surface area contributed by atoms with Crippen molar-refractivity contribution in [2.75, 3.05) is 0 Å². The molecule has 0 aromatic heterocycles. The highest BCUT2D eigenvalue weighted by Crippen LogP contribution is 2.32. The Hall–Kier alpha value is -2.33. The third-order valence-corrected chi connectivity index (χ3v) is 3.27. The Labute approximate surface area is 153 Å². The van der Waals surface area contributed by atoms with Crippen molar-refractivity contribution in [3.05, 3.63) is 84.1 Å². The molecule has 4 heteroatoms. The van der Waals surface area contributed by atoms with Crippen molar-refractivity contribution in [1.82, 2.24) is 0 Å². The van der Waals surface area contributed by atoms with Crippen molar-refractivity contribution < 1.29 is 26.5 Å². The van der Waals surface area contributed by atoms with Crippen LogP contribution in [0.1, 0.15) is 19.4 Å². The van der Waals surface area contributed by atoms with Crippen LogP contribution in [-0.2, 0) is 9.47 Å². The molecular formula is C20H19BrNO2-. The third-order valence-electron chi connectivity index (χ3n) is 3.27. The number of halogens is 1. The molecule has 3 nitrogen and oxygen atoms in total. The molecule has 0 saturated heterocycles. The molecule has 0 saturated carbocycles. The molecule has 0 atom stereocenters. The van der Waals surface area contributed by atoms with Crippen LogP contribution in [0.2, 0.25) is 0 Å². The molecule has 0 fully saturated rings. The van der Waals surface area contributed by atoms with Crippen LogP contribution < -0.4 is 17.0 Å². The maximum Gasteiger partial charge on any atom is 0.245 e. The first kappa shape index (κ1) is 18.0. The minimum Gasteiger partial charge on any atom is -1.00 e. The Bertz CT molecular complexity index is 750. The van der Waals surface area contributed by atoms with Gasteiger partial charge in [-0.25, -0.2) is 0 Å². The number of nitrogens with zero attached hydrogens (tertiary/aromatic N) is 1. The molecule has 1 aliphatic heterocycles. The van der Waals surface area contributed by atoms with E-state index < -0.39 is 5.79 Å². The van der Waals surface area contributed by atoms with Gasteiger partial charge in [-0.3, -0.25) is 4.99 Å². The molecular weight excluding hydrogens is 366 g/mol. The highest BCUT2D eigenvalue weighted by Gasteiger charge is 2.28. The Morgan fingerprint density at radius 1 is 0.875 bits per heavy atom. The van der Waals surface area contributed by atoms with Crippen LogP contribution >= 0.6 is 0 Å². The highest BCUT2D eigenvalue weighted by atomic mass is 79.9. The second-order valence-electron chi connectivity index (χ2n) is 5.66. The first-order chi connectivity index (χ1) is 11.1. The molecule has 2 aromatic rings. The van der Waals surface area contributed by atoms with Gasteiger partial charge < -0.3 is 26.5 Å². The number of allylic oxidation sites excluding steroid dienone is 2. The second-order valence-corrected chi connectivity index (χ2v) is 5.66. The Morgan fingerprint density at radius 2 is 1.50 bits per heavy atom. The lowest BCUT2D eigenvalue weighted by Crippen LogP contribution is -3.00. The molecule has 3 rings (SSSR count). The fourth-order valence-corrected chi connectivity index (χ4v) is 2.30. The Kier molecular flexibility index (Phi) is 5.99. The number of aliphatic imine (C=N–C) groups is 1. The van der Waals surface area contributed by atoms with E-state index >= 15 is 0 Å². The molecule has 0 N–H and O–H groups in total. The summed E-state index contributed by atoms with van der Waals surface area (Å²) in [5.41, 5.74) is 1.93. The lowest BCUT2D eigenvalue weighted by molar-refractivity contribution is -0.149. The molecule has 0 amide bonds. The molecule has 2 aromatic carbocycles. The van der Waals surface area contributed by atoms with Gasteiger partial charge in [0.05, 0.1) is 5.69 Å². The molecule has 0 aliphatic carbocycles. The smallest absolute Gasteiger partial charge is 0.245 e. The number of ether oxygens (including phenoxy) is 2. The summed E-state index contributed by atoms with van der Waals surface area (Å²) in [5, 5.41) is 0. The van der Waals surface area contributed by atoms with E-state index in [4.69, 9.17) is 9.47 Å². The summed E-state index contributed by atoms with van der Waals surface area (Å²) < 4.78 is 11.7. The summed E-state index contributed by atoms with van der Waals surface area (Å²) in [4.78, 5) is 4.39. The topological polar surface area (TPSA) is 30.8 Å². The normalized spacial score (nSPS) is 17.6. The summed E-state index contributed by atoms with van der Waals surface area (Å²) in [6.45, 7) is 3.79. The molecule has 124 valence electrons. The summed E-state index contributed by atoms with van der Waals surface area (Å²) in [5.74, 6) is 0.799. The van der Waals surface area contributed by atoms with Crippen LogP contribution in [0, 0.1) is 0 Å². The first-order valence-electron chi connectivity index (χ1n) is 7.57. The SMILES string of the molecule is CC1(C)OC(c2ccccc2)=C/C(=C/C=Nc2ccccc2)O1.[Br-]. The number of hydrogen-bond donors (Lipinski definition) is 0. The summed E-state index contributed by atoms with van der Waals surface area (Å²) in [6.07, 6.45) is 5.48. The van der Waals surface area contributed by atoms with Crippen LogP contribution in [0.5, 0.6) is 0 Å². The predicted octanol–water partition coefficient (Wildman–Crippen LogP) is 2.10. The van der Waals surface area contributed by atoms with Crippen LogP contribution in [0.4, 0.5) is 5.69 Å². The number of rotatable bonds is 3. The fourth-order valence-electron chi connectivity index (χ4n) is 2.30. The van der Waals surface area contributed by atoms with Gasteiger partial charge in [0.25, 0.3) is 0 Å². The van der Waals surface area contributed by atoms with Crippen LogP contribution in [0.3, 0.4) is 0 Å². The quantitative estimate of drug-likeness (QED) is 0.758. The van der Waals surface area contributed by atoms with Gasteiger partial charge in [0.1, 0.15) is 11.5 Å². The molecule has 0 bridgehead atoms. The maximum absolute atomic E-state index is 5.91. The first-order valence-corrected chi connectivity index (χ1v) is 7.57. The average molecular weight is 385 g/mol. The van der Waals surface area contributed by atoms with E-state index in [1.54, 1.807) is 6.21 Å². The lowest BCUT2D eigenvalue weighted by Gasteiger charge is -2.33. The number of hydrogen-bond acceptors (Lipinski definition) is 3. The van der Waals surface area contributed by atoms with Gasteiger partial charge in [0.15, 0.2) is 0 Å². The van der Waals surface area contributed by atoms with Crippen molar-refractivity contribution in [1.29, 1.82) is 0 Å². The summed E-state index contributed by atoms with van der Waals surface area (Å²) in [6, 6.07) is 19.8. The van der Waals surface area contributed by atoms with E-state index in [9.17, 15) is 0 Å². The largest absolute Gasteiger partial charge is 1.00 e. The zero-order valence-corrected chi connectivity index (χ0v) is 15.2. The van der Waals surface area contributed by atoms with E-state index in [0.29, 0.717) is 0 Å². The van der Waals surface area contributed by atoms with Crippen molar-refractivity contribution in [3.63, 3.8) is 0 Å². The third kappa shape index (κ3) is 4.83. The molecule has 0 unspecified atom stereocenters. The molecule has 1 heterocycles. The van der Waals surface area contributed by atoms with Gasteiger partial charge in [-0.2, -0.15) is 0 Å². The van der Waals surface area contributed by atoms with Crippen molar-refractivity contribution >= 4 is 17.7 Å². The van der Waals surface area contributed by atoms with Gasteiger partial charge in [-0.1, -0.05) is 48.5 Å². The van der Waals surface area contributed by atoms with E-state index in [2.05, 4.69) is 4.99 Å². The second kappa shape index (κ2) is 7.97. The Morgan fingerprint density at radius 3 is 2.17 bits per heavy atom. The zero-order chi connectivity index (χ0) is 16.1. The number of benzene rings is 2. The van der Waals surface area contributed by atoms with Crippen LogP contribution in [0.15, 0.2) is 83.6 Å². The van der Waals surface area contributed by atoms with E-state index in [1.807, 2.05) is 86.7 Å². The van der Waals surface area contributed by atoms with E-state index in [-0.39, 0.29) is 17.0 Å². The van der Waals surface area contributed by atoms with Crippen molar-refractivity contribution in [2.45, 2.75) is 19.6 Å². The average Bonchev–Trinajstić information content (AvgIpc) is 2.55. The fraction of sp³-hybridized carbons (Fsp3) is 0.150. The summed E-state index contributed by atoms with van der Waals surface area (Å²) >= 11 is 0. The van der Waals surface area contributed by atoms with Gasteiger partial charge in [0.2, 0.25) is 5.79 Å². The van der Waals surface area contributed by atoms with Crippen LogP contribution in [0.25, 0.3) is 5.76 Å². The molecule has 0 spiro atoms. The van der Waals surface area contributed by atoms with E-state index in [0.717, 1.165) is 22.8 Å².